The summed E-state index contributed by atoms with van der Waals surface area (Å²) in [5, 5.41) is 3.02. The quantitative estimate of drug-likeness (QED) is 0.157. The van der Waals surface area contributed by atoms with Crippen LogP contribution in [0, 0.1) is 5.82 Å². The van der Waals surface area contributed by atoms with Gasteiger partial charge in [0.1, 0.15) is 29.9 Å². The molecule has 4 rings (SSSR count). The normalized spacial score (nSPS) is 12.4. The lowest BCUT2D eigenvalue weighted by molar-refractivity contribution is -0.140. The van der Waals surface area contributed by atoms with Crippen molar-refractivity contribution in [1.29, 1.82) is 0 Å². The number of nitrogens with zero attached hydrogens (tertiary/aromatic N) is 2. The van der Waals surface area contributed by atoms with Crippen LogP contribution < -0.4 is 19.1 Å². The third kappa shape index (κ3) is 9.34. The lowest BCUT2D eigenvalue weighted by Gasteiger charge is -2.34. The van der Waals surface area contributed by atoms with Gasteiger partial charge in [-0.2, -0.15) is 0 Å². The molecule has 1 N–H and O–H groups in total. The minimum atomic E-state index is -4.38. The zero-order valence-corrected chi connectivity index (χ0v) is 28.5. The number of sulfonamides is 1. The van der Waals surface area contributed by atoms with Crippen LogP contribution in [0.25, 0.3) is 0 Å². The van der Waals surface area contributed by atoms with Crippen LogP contribution in [0.4, 0.5) is 10.1 Å². The van der Waals surface area contributed by atoms with Crippen LogP contribution in [0.1, 0.15) is 38.3 Å². The van der Waals surface area contributed by atoms with Gasteiger partial charge in [0.25, 0.3) is 10.0 Å². The summed E-state index contributed by atoms with van der Waals surface area (Å²) in [4.78, 5) is 29.8. The van der Waals surface area contributed by atoms with E-state index in [2.05, 4.69) is 5.32 Å². The van der Waals surface area contributed by atoms with Crippen LogP contribution in [0.15, 0.2) is 108 Å². The van der Waals surface area contributed by atoms with Crippen molar-refractivity contribution in [2.45, 2.75) is 57.1 Å². The van der Waals surface area contributed by atoms with Crippen molar-refractivity contribution in [2.24, 2.45) is 0 Å². The molecule has 48 heavy (non-hydrogen) atoms. The highest BCUT2D eigenvalue weighted by molar-refractivity contribution is 7.92. The molecule has 11 heteroatoms. The zero-order valence-electron chi connectivity index (χ0n) is 27.6. The van der Waals surface area contributed by atoms with Gasteiger partial charge in [0.2, 0.25) is 11.8 Å². The number of nitrogens with one attached hydrogen (secondary N) is 1. The van der Waals surface area contributed by atoms with Gasteiger partial charge in [-0.15, -0.1) is 0 Å². The van der Waals surface area contributed by atoms with Gasteiger partial charge in [0.05, 0.1) is 24.3 Å². The van der Waals surface area contributed by atoms with Gasteiger partial charge >= 0.3 is 0 Å². The highest BCUT2D eigenvalue weighted by atomic mass is 32.2. The molecular formula is C37H42FN3O6S. The monoisotopic (exact) mass is 675 g/mol. The molecule has 2 amide bonds. The van der Waals surface area contributed by atoms with E-state index in [0.717, 1.165) is 34.1 Å². The van der Waals surface area contributed by atoms with E-state index in [4.69, 9.17) is 9.47 Å². The van der Waals surface area contributed by atoms with E-state index in [1.165, 1.54) is 12.0 Å². The smallest absolute Gasteiger partial charge is 0.264 e. The first-order valence-corrected chi connectivity index (χ1v) is 17.3. The van der Waals surface area contributed by atoms with Gasteiger partial charge in [-0.3, -0.25) is 13.9 Å². The lowest BCUT2D eigenvalue weighted by Crippen LogP contribution is -2.54. The zero-order chi connectivity index (χ0) is 34.7. The summed E-state index contributed by atoms with van der Waals surface area (Å²) in [5.74, 6) is -0.483. The molecule has 0 radical (unpaired) electrons. The molecule has 0 heterocycles. The topological polar surface area (TPSA) is 105 Å². The Balaban J connectivity index is 1.82. The first-order chi connectivity index (χ1) is 23.0. The van der Waals surface area contributed by atoms with Gasteiger partial charge < -0.3 is 19.7 Å². The van der Waals surface area contributed by atoms with Gasteiger partial charge in [-0.05, 0) is 92.1 Å². The second-order valence-electron chi connectivity index (χ2n) is 11.3. The number of carbonyl (C=O) groups is 2. The Hall–Kier alpha value is -4.90. The van der Waals surface area contributed by atoms with Crippen molar-refractivity contribution in [3.05, 3.63) is 120 Å². The first kappa shape index (κ1) is 35.9. The molecule has 0 saturated carbocycles. The third-order valence-corrected chi connectivity index (χ3v) is 9.66. The predicted molar refractivity (Wildman–Crippen MR) is 184 cm³/mol. The highest BCUT2D eigenvalue weighted by Crippen LogP contribution is 2.27. The van der Waals surface area contributed by atoms with Crippen molar-refractivity contribution >= 4 is 27.5 Å². The first-order valence-electron chi connectivity index (χ1n) is 15.8. The van der Waals surface area contributed by atoms with Crippen molar-refractivity contribution in [3.63, 3.8) is 0 Å². The van der Waals surface area contributed by atoms with Crippen LogP contribution in [-0.4, -0.2) is 57.5 Å². The van der Waals surface area contributed by atoms with Crippen LogP contribution >= 0.6 is 0 Å². The molecular weight excluding hydrogens is 633 g/mol. The number of hydrogen-bond acceptors (Lipinski definition) is 6. The van der Waals surface area contributed by atoms with Crippen LogP contribution in [0.2, 0.25) is 0 Å². The third-order valence-electron chi connectivity index (χ3n) is 7.88. The van der Waals surface area contributed by atoms with E-state index in [1.54, 1.807) is 42.5 Å². The van der Waals surface area contributed by atoms with E-state index in [0.29, 0.717) is 30.1 Å². The molecule has 0 bridgehead atoms. The van der Waals surface area contributed by atoms with E-state index < -0.39 is 34.3 Å². The summed E-state index contributed by atoms with van der Waals surface area (Å²) in [6.45, 7) is 5.43. The Kier molecular flexibility index (Phi) is 12.6. The molecule has 0 aliphatic carbocycles. The number of halogens is 1. The number of carbonyl (C=O) groups excluding carboxylic acids is 2. The van der Waals surface area contributed by atoms with Gasteiger partial charge in [-0.1, -0.05) is 49.4 Å². The Labute approximate surface area is 282 Å². The van der Waals surface area contributed by atoms with E-state index in [-0.39, 0.29) is 35.5 Å². The van der Waals surface area contributed by atoms with Crippen molar-refractivity contribution in [1.82, 2.24) is 10.2 Å². The Morgan fingerprint density at radius 2 is 1.52 bits per heavy atom. The molecule has 0 unspecified atom stereocenters. The SMILES string of the molecule is CCOc1ccc(N(CC(=O)N(Cc2cccc(OC)c2)[C@@H](Cc2ccccc2)C(=O)N[C@H](C)CC)S(=O)(=O)c2ccc(F)cc2)cc1. The molecule has 0 fully saturated rings. The number of benzene rings is 4. The van der Waals surface area contributed by atoms with Gasteiger partial charge in [-0.25, -0.2) is 12.8 Å². The Bertz CT molecular complexity index is 1750. The summed E-state index contributed by atoms with van der Waals surface area (Å²) in [6, 6.07) is 26.1. The van der Waals surface area contributed by atoms with Gasteiger partial charge in [0, 0.05) is 19.0 Å². The molecule has 254 valence electrons. The largest absolute Gasteiger partial charge is 0.497 e. The summed E-state index contributed by atoms with van der Waals surface area (Å²) in [5.41, 5.74) is 1.71. The maximum atomic E-state index is 14.6. The molecule has 4 aromatic carbocycles. The minimum Gasteiger partial charge on any atom is -0.497 e. The van der Waals surface area contributed by atoms with Crippen molar-refractivity contribution < 1.29 is 31.9 Å². The summed E-state index contributed by atoms with van der Waals surface area (Å²) in [7, 11) is -2.84. The second-order valence-corrected chi connectivity index (χ2v) is 13.2. The van der Waals surface area contributed by atoms with E-state index >= 15 is 0 Å². The Morgan fingerprint density at radius 1 is 0.854 bits per heavy atom. The van der Waals surface area contributed by atoms with Crippen LogP contribution in [-0.2, 0) is 32.6 Å². The maximum Gasteiger partial charge on any atom is 0.264 e. The molecule has 0 aliphatic rings. The molecule has 0 spiro atoms. The number of rotatable bonds is 16. The fourth-order valence-electron chi connectivity index (χ4n) is 5.10. The average Bonchev–Trinajstić information content (AvgIpc) is 3.09. The number of ether oxygens (including phenoxy) is 2. The summed E-state index contributed by atoms with van der Waals surface area (Å²) < 4.78 is 54.0. The van der Waals surface area contributed by atoms with Gasteiger partial charge in [0.15, 0.2) is 0 Å². The predicted octanol–water partition coefficient (Wildman–Crippen LogP) is 5.98. The van der Waals surface area contributed by atoms with E-state index in [9.17, 15) is 22.4 Å². The molecule has 0 aromatic heterocycles. The fourth-order valence-corrected chi connectivity index (χ4v) is 6.51. The number of amides is 2. The van der Waals surface area contributed by atoms with E-state index in [1.807, 2.05) is 57.2 Å². The summed E-state index contributed by atoms with van der Waals surface area (Å²) in [6.07, 6.45) is 0.863. The summed E-state index contributed by atoms with van der Waals surface area (Å²) >= 11 is 0. The number of hydrogen-bond donors (Lipinski definition) is 1. The number of anilines is 1. The molecule has 9 nitrogen and oxygen atoms in total. The van der Waals surface area contributed by atoms with Crippen molar-refractivity contribution in [3.8, 4) is 11.5 Å². The molecule has 4 aromatic rings. The average molecular weight is 676 g/mol. The second kappa shape index (κ2) is 16.8. The van der Waals surface area contributed by atoms with Crippen LogP contribution in [0.3, 0.4) is 0 Å². The van der Waals surface area contributed by atoms with Crippen LogP contribution in [0.5, 0.6) is 11.5 Å². The lowest BCUT2D eigenvalue weighted by atomic mass is 10.0. The fraction of sp³-hybridized carbons (Fsp3) is 0.297. The van der Waals surface area contributed by atoms with Crippen molar-refractivity contribution in [2.75, 3.05) is 24.6 Å². The Morgan fingerprint density at radius 3 is 2.15 bits per heavy atom. The molecule has 0 aliphatic heterocycles. The molecule has 0 saturated heterocycles. The standard InChI is InChI=1S/C37H42FN3O6S/c1-5-27(3)39-37(43)35(24-28-11-8-7-9-12-28)40(25-29-13-10-14-33(23-29)46-4)36(42)26-41(31-17-19-32(20-18-31)47-6-2)48(44,45)34-21-15-30(38)16-22-34/h7-23,27,35H,5-6,24-26H2,1-4H3,(H,39,43)/t27-,35+/m1/s1. The minimum absolute atomic E-state index is 0.00479. The highest BCUT2D eigenvalue weighted by Gasteiger charge is 2.35. The molecule has 2 atom stereocenters. The number of methoxy groups -OCH3 is 1. The maximum absolute atomic E-state index is 14.6.